The fourth-order valence-electron chi connectivity index (χ4n) is 2.84. The molecular weight excluding hydrogens is 370 g/mol. The monoisotopic (exact) mass is 385 g/mol. The summed E-state index contributed by atoms with van der Waals surface area (Å²) >= 11 is 5.59. The lowest BCUT2D eigenvalue weighted by molar-refractivity contribution is -0.147. The van der Waals surface area contributed by atoms with E-state index in [1.54, 1.807) is 36.4 Å². The molecule has 0 radical (unpaired) electrons. The molecule has 0 bridgehead atoms. The third kappa shape index (κ3) is 4.23. The number of rotatable bonds is 7. The first-order valence-corrected chi connectivity index (χ1v) is 8.69. The zero-order valence-electron chi connectivity index (χ0n) is 14.3. The first kappa shape index (κ1) is 18.8. The van der Waals surface area contributed by atoms with E-state index < -0.39 is 28.9 Å². The van der Waals surface area contributed by atoms with E-state index in [9.17, 15) is 19.2 Å². The Morgan fingerprint density at radius 2 is 1.48 bits per heavy atom. The van der Waals surface area contributed by atoms with Gasteiger partial charge in [-0.3, -0.25) is 24.1 Å². The molecule has 0 fully saturated rings. The summed E-state index contributed by atoms with van der Waals surface area (Å²) in [6.45, 7) is -0.203. The number of esters is 1. The SMILES string of the molecule is O=C(CC(CN1C(=O)c2ccccc2C1=O)C(=O)Cl)OCc1ccccc1. The summed E-state index contributed by atoms with van der Waals surface area (Å²) in [5.41, 5.74) is 1.35. The fourth-order valence-corrected chi connectivity index (χ4v) is 2.99. The Labute approximate surface area is 160 Å². The van der Waals surface area contributed by atoms with Crippen LogP contribution in [-0.4, -0.2) is 34.5 Å². The van der Waals surface area contributed by atoms with E-state index in [0.29, 0.717) is 0 Å². The molecule has 3 rings (SSSR count). The van der Waals surface area contributed by atoms with Gasteiger partial charge < -0.3 is 4.74 Å². The maximum Gasteiger partial charge on any atom is 0.306 e. The van der Waals surface area contributed by atoms with Crippen LogP contribution in [0.2, 0.25) is 0 Å². The lowest BCUT2D eigenvalue weighted by Crippen LogP contribution is -2.37. The smallest absolute Gasteiger partial charge is 0.306 e. The Morgan fingerprint density at radius 1 is 0.926 bits per heavy atom. The molecule has 27 heavy (non-hydrogen) atoms. The number of hydrogen-bond acceptors (Lipinski definition) is 5. The van der Waals surface area contributed by atoms with Gasteiger partial charge in [0, 0.05) is 6.54 Å². The van der Waals surface area contributed by atoms with Crippen molar-refractivity contribution in [1.29, 1.82) is 0 Å². The maximum atomic E-state index is 12.4. The van der Waals surface area contributed by atoms with E-state index in [0.717, 1.165) is 10.5 Å². The topological polar surface area (TPSA) is 80.8 Å². The molecule has 0 saturated heterocycles. The number of imide groups is 1. The molecule has 1 unspecified atom stereocenters. The molecule has 1 atom stereocenters. The van der Waals surface area contributed by atoms with E-state index in [1.165, 1.54) is 0 Å². The lowest BCUT2D eigenvalue weighted by Gasteiger charge is -2.19. The van der Waals surface area contributed by atoms with Crippen LogP contribution in [0, 0.1) is 5.92 Å². The highest BCUT2D eigenvalue weighted by atomic mass is 35.5. The van der Waals surface area contributed by atoms with Gasteiger partial charge in [-0.05, 0) is 29.3 Å². The molecule has 1 heterocycles. The summed E-state index contributed by atoms with van der Waals surface area (Å²) in [6.07, 6.45) is -0.317. The number of ether oxygens (including phenoxy) is 1. The molecule has 0 aliphatic carbocycles. The third-order valence-electron chi connectivity index (χ3n) is 4.26. The predicted molar refractivity (Wildman–Crippen MR) is 97.0 cm³/mol. The number of carbonyl (C=O) groups is 4. The standard InChI is InChI=1S/C20H16ClNO5/c21-18(24)14(10-17(23)27-12-13-6-2-1-3-7-13)11-22-19(25)15-8-4-5-9-16(15)20(22)26/h1-9,14H,10-12H2. The third-order valence-corrected chi connectivity index (χ3v) is 4.57. The van der Waals surface area contributed by atoms with Crippen LogP contribution in [0.3, 0.4) is 0 Å². The van der Waals surface area contributed by atoms with Crippen molar-refractivity contribution in [2.45, 2.75) is 13.0 Å². The van der Waals surface area contributed by atoms with Gasteiger partial charge in [-0.2, -0.15) is 0 Å². The average molecular weight is 386 g/mol. The summed E-state index contributed by atoms with van der Waals surface area (Å²) in [5, 5.41) is -0.803. The molecule has 138 valence electrons. The molecule has 2 aromatic carbocycles. The van der Waals surface area contributed by atoms with Gasteiger partial charge in [-0.1, -0.05) is 42.5 Å². The highest BCUT2D eigenvalue weighted by Gasteiger charge is 2.38. The zero-order valence-corrected chi connectivity index (χ0v) is 15.0. The van der Waals surface area contributed by atoms with Crippen LogP contribution in [0.25, 0.3) is 0 Å². The predicted octanol–water partition coefficient (Wildman–Crippen LogP) is 2.80. The Balaban J connectivity index is 1.63. The van der Waals surface area contributed by atoms with Gasteiger partial charge in [0.25, 0.3) is 11.8 Å². The second-order valence-corrected chi connectivity index (χ2v) is 6.49. The minimum absolute atomic E-state index is 0.0654. The van der Waals surface area contributed by atoms with Crippen LogP contribution in [0.15, 0.2) is 54.6 Å². The molecule has 1 aliphatic rings. The van der Waals surface area contributed by atoms with Gasteiger partial charge in [0.05, 0.1) is 23.5 Å². The van der Waals surface area contributed by atoms with Crippen molar-refractivity contribution in [3.63, 3.8) is 0 Å². The van der Waals surface area contributed by atoms with Crippen molar-refractivity contribution in [2.24, 2.45) is 5.92 Å². The molecule has 2 amide bonds. The van der Waals surface area contributed by atoms with E-state index in [4.69, 9.17) is 16.3 Å². The van der Waals surface area contributed by atoms with Gasteiger partial charge in [0.1, 0.15) is 6.61 Å². The van der Waals surface area contributed by atoms with E-state index in [2.05, 4.69) is 0 Å². The van der Waals surface area contributed by atoms with Crippen LogP contribution in [0.5, 0.6) is 0 Å². The number of benzene rings is 2. The minimum Gasteiger partial charge on any atom is -0.461 e. The first-order valence-electron chi connectivity index (χ1n) is 8.31. The zero-order chi connectivity index (χ0) is 19.4. The Kier molecular flexibility index (Phi) is 5.66. The summed E-state index contributed by atoms with van der Waals surface area (Å²) < 4.78 is 5.15. The van der Waals surface area contributed by atoms with Crippen LogP contribution >= 0.6 is 11.6 Å². The van der Waals surface area contributed by atoms with E-state index in [1.807, 2.05) is 18.2 Å². The van der Waals surface area contributed by atoms with E-state index in [-0.39, 0.29) is 30.7 Å². The summed E-state index contributed by atoms with van der Waals surface area (Å²) in [6, 6.07) is 15.5. The molecule has 6 nitrogen and oxygen atoms in total. The largest absolute Gasteiger partial charge is 0.461 e. The quantitative estimate of drug-likeness (QED) is 0.416. The Bertz CT molecular complexity index is 861. The molecule has 0 saturated carbocycles. The van der Waals surface area contributed by atoms with Crippen molar-refractivity contribution >= 4 is 34.6 Å². The van der Waals surface area contributed by atoms with Gasteiger partial charge >= 0.3 is 5.97 Å². The van der Waals surface area contributed by atoms with Crippen molar-refractivity contribution in [3.05, 3.63) is 71.3 Å². The Morgan fingerprint density at radius 3 is 2.04 bits per heavy atom. The summed E-state index contributed by atoms with van der Waals surface area (Å²) in [5.74, 6) is -2.67. The number of fused-ring (bicyclic) bond motifs is 1. The van der Waals surface area contributed by atoms with Crippen molar-refractivity contribution < 1.29 is 23.9 Å². The van der Waals surface area contributed by atoms with Crippen LogP contribution < -0.4 is 0 Å². The number of nitrogens with zero attached hydrogens (tertiary/aromatic N) is 1. The van der Waals surface area contributed by atoms with Crippen molar-refractivity contribution in [2.75, 3.05) is 6.54 Å². The summed E-state index contributed by atoms with van der Waals surface area (Å²) in [4.78, 5) is 49.5. The lowest BCUT2D eigenvalue weighted by atomic mass is 10.1. The molecule has 1 aliphatic heterocycles. The van der Waals surface area contributed by atoms with Gasteiger partial charge in [0.15, 0.2) is 0 Å². The number of amides is 2. The van der Waals surface area contributed by atoms with Gasteiger partial charge in [-0.15, -0.1) is 0 Å². The second-order valence-electron chi connectivity index (χ2n) is 6.12. The minimum atomic E-state index is -1.03. The highest BCUT2D eigenvalue weighted by Crippen LogP contribution is 2.24. The number of hydrogen-bond donors (Lipinski definition) is 0. The highest BCUT2D eigenvalue weighted by molar-refractivity contribution is 6.64. The van der Waals surface area contributed by atoms with Crippen LogP contribution in [0.1, 0.15) is 32.7 Å². The first-order chi connectivity index (χ1) is 13.0. The molecular formula is C20H16ClNO5. The normalized spacial score (nSPS) is 14.0. The molecule has 0 aromatic heterocycles. The van der Waals surface area contributed by atoms with Crippen LogP contribution in [0.4, 0.5) is 0 Å². The molecule has 0 spiro atoms. The molecule has 0 N–H and O–H groups in total. The number of carbonyl (C=O) groups excluding carboxylic acids is 4. The van der Waals surface area contributed by atoms with Crippen LogP contribution in [-0.2, 0) is 20.9 Å². The Hall–Kier alpha value is -2.99. The van der Waals surface area contributed by atoms with Crippen molar-refractivity contribution in [1.82, 2.24) is 4.90 Å². The fraction of sp³-hybridized carbons (Fsp3) is 0.200. The van der Waals surface area contributed by atoms with Crippen molar-refractivity contribution in [3.8, 4) is 0 Å². The van der Waals surface area contributed by atoms with Gasteiger partial charge in [0.2, 0.25) is 5.24 Å². The maximum absolute atomic E-state index is 12.4. The summed E-state index contributed by atoms with van der Waals surface area (Å²) in [7, 11) is 0. The average Bonchev–Trinajstić information content (AvgIpc) is 2.91. The number of halogens is 1. The van der Waals surface area contributed by atoms with E-state index >= 15 is 0 Å². The second kappa shape index (κ2) is 8.14. The molecule has 7 heteroatoms. The van der Waals surface area contributed by atoms with Gasteiger partial charge in [-0.25, -0.2) is 0 Å². The molecule has 2 aromatic rings.